The molecule has 0 bridgehead atoms. The summed E-state index contributed by atoms with van der Waals surface area (Å²) in [5.74, 6) is 0.0625. The maximum absolute atomic E-state index is 11.4. The summed E-state index contributed by atoms with van der Waals surface area (Å²) in [5.41, 5.74) is 1.79. The van der Waals surface area contributed by atoms with Gasteiger partial charge in [0.1, 0.15) is 0 Å². The van der Waals surface area contributed by atoms with Crippen LogP contribution in [0.2, 0.25) is 0 Å². The van der Waals surface area contributed by atoms with E-state index in [-0.39, 0.29) is 11.8 Å². The number of hydrogen-bond donors (Lipinski definition) is 0. The Kier molecular flexibility index (Phi) is 4.22. The molecule has 0 radical (unpaired) electrons. The highest BCUT2D eigenvalue weighted by Crippen LogP contribution is 2.03. The first-order valence-corrected chi connectivity index (χ1v) is 5.21. The zero-order chi connectivity index (χ0) is 11.3. The highest BCUT2D eigenvalue weighted by Gasteiger charge is 2.07. The van der Waals surface area contributed by atoms with Crippen molar-refractivity contribution >= 4 is 11.5 Å². The van der Waals surface area contributed by atoms with Crippen molar-refractivity contribution in [1.29, 1.82) is 0 Å². The molecular formula is C13H17NO. The summed E-state index contributed by atoms with van der Waals surface area (Å²) in [6, 6.07) is 10.1. The monoisotopic (exact) mass is 203 g/mol. The molecule has 0 aromatic heterocycles. The Bertz CT molecular complexity index is 352. The molecule has 1 aromatic carbocycles. The van der Waals surface area contributed by atoms with Gasteiger partial charge in [0.15, 0.2) is 5.78 Å². The van der Waals surface area contributed by atoms with E-state index in [1.54, 1.807) is 6.92 Å². The zero-order valence-electron chi connectivity index (χ0n) is 9.53. The summed E-state index contributed by atoms with van der Waals surface area (Å²) in [6.45, 7) is 5.53. The third-order valence-electron chi connectivity index (χ3n) is 2.03. The van der Waals surface area contributed by atoms with Crippen molar-refractivity contribution in [2.45, 2.75) is 33.2 Å². The van der Waals surface area contributed by atoms with Crippen LogP contribution in [0.1, 0.15) is 26.3 Å². The van der Waals surface area contributed by atoms with Gasteiger partial charge in [0.2, 0.25) is 0 Å². The van der Waals surface area contributed by atoms with Gasteiger partial charge in [0.05, 0.1) is 5.71 Å². The average molecular weight is 203 g/mol. The number of ketones is 1. The number of carbonyl (C=O) groups is 1. The van der Waals surface area contributed by atoms with Crippen molar-refractivity contribution in [1.82, 2.24) is 0 Å². The maximum atomic E-state index is 11.4. The van der Waals surface area contributed by atoms with E-state index in [0.717, 1.165) is 5.56 Å². The molecule has 0 fully saturated rings. The fourth-order valence-corrected chi connectivity index (χ4v) is 1.36. The van der Waals surface area contributed by atoms with E-state index < -0.39 is 0 Å². The minimum absolute atomic E-state index is 0.0625. The fourth-order valence-electron chi connectivity index (χ4n) is 1.36. The molecule has 0 aliphatic rings. The molecule has 0 heterocycles. The van der Waals surface area contributed by atoms with E-state index in [0.29, 0.717) is 12.1 Å². The van der Waals surface area contributed by atoms with Crippen molar-refractivity contribution < 1.29 is 4.79 Å². The molecule has 2 heteroatoms. The molecule has 0 N–H and O–H groups in total. The van der Waals surface area contributed by atoms with Crippen LogP contribution in [0.15, 0.2) is 35.3 Å². The first-order chi connectivity index (χ1) is 7.09. The predicted octanol–water partition coefficient (Wildman–Crippen LogP) is 2.67. The lowest BCUT2D eigenvalue weighted by atomic mass is 10.1. The number of nitrogens with zero attached hydrogens (tertiary/aromatic N) is 1. The van der Waals surface area contributed by atoms with Crippen LogP contribution >= 0.6 is 0 Å². The van der Waals surface area contributed by atoms with E-state index in [4.69, 9.17) is 0 Å². The highest BCUT2D eigenvalue weighted by atomic mass is 16.1. The predicted molar refractivity (Wildman–Crippen MR) is 63.4 cm³/mol. The zero-order valence-corrected chi connectivity index (χ0v) is 9.53. The molecule has 15 heavy (non-hydrogen) atoms. The Morgan fingerprint density at radius 1 is 1.27 bits per heavy atom. The standard InChI is InChI=1S/C13H17NO/c1-10(2)14-13(11(3)15)9-12-7-5-4-6-8-12/h4-8,10H,9H2,1-3H3/b14-13+. The molecule has 0 saturated heterocycles. The second-order valence-corrected chi connectivity index (χ2v) is 3.89. The van der Waals surface area contributed by atoms with E-state index in [1.807, 2.05) is 44.2 Å². The lowest BCUT2D eigenvalue weighted by molar-refractivity contribution is -0.111. The molecule has 0 saturated carbocycles. The second kappa shape index (κ2) is 5.44. The molecule has 0 aliphatic carbocycles. The normalized spacial score (nSPS) is 11.9. The summed E-state index contributed by atoms with van der Waals surface area (Å²) in [6.07, 6.45) is 0.633. The quantitative estimate of drug-likeness (QED) is 0.692. The number of rotatable bonds is 4. The van der Waals surface area contributed by atoms with E-state index in [9.17, 15) is 4.79 Å². The maximum Gasteiger partial charge on any atom is 0.173 e. The molecule has 1 rings (SSSR count). The lowest BCUT2D eigenvalue weighted by Crippen LogP contribution is -2.15. The summed E-state index contributed by atoms with van der Waals surface area (Å²) in [4.78, 5) is 15.7. The van der Waals surface area contributed by atoms with Gasteiger partial charge >= 0.3 is 0 Å². The molecule has 1 aromatic rings. The molecule has 80 valence electrons. The van der Waals surface area contributed by atoms with Crippen LogP contribution in [0, 0.1) is 0 Å². The Morgan fingerprint density at radius 3 is 2.33 bits per heavy atom. The number of benzene rings is 1. The van der Waals surface area contributed by atoms with Crippen LogP contribution in [0.3, 0.4) is 0 Å². The molecule has 0 spiro atoms. The summed E-state index contributed by atoms with van der Waals surface area (Å²) >= 11 is 0. The fraction of sp³-hybridized carbons (Fsp3) is 0.385. The van der Waals surface area contributed by atoms with Gasteiger partial charge in [-0.1, -0.05) is 30.3 Å². The van der Waals surface area contributed by atoms with Gasteiger partial charge in [-0.15, -0.1) is 0 Å². The smallest absolute Gasteiger partial charge is 0.173 e. The van der Waals surface area contributed by atoms with Crippen LogP contribution < -0.4 is 0 Å². The molecule has 0 unspecified atom stereocenters. The number of carbonyl (C=O) groups excluding carboxylic acids is 1. The molecule has 0 amide bonds. The van der Waals surface area contributed by atoms with Gasteiger partial charge in [-0.25, -0.2) is 0 Å². The average Bonchev–Trinajstić information content (AvgIpc) is 2.17. The Morgan fingerprint density at radius 2 is 1.87 bits per heavy atom. The van der Waals surface area contributed by atoms with E-state index in [1.165, 1.54) is 0 Å². The van der Waals surface area contributed by atoms with Crippen LogP contribution in [-0.2, 0) is 11.2 Å². The first kappa shape index (κ1) is 11.6. The van der Waals surface area contributed by atoms with Crippen LogP contribution in [0.4, 0.5) is 0 Å². The lowest BCUT2D eigenvalue weighted by Gasteiger charge is -2.05. The number of aliphatic imine (C=N–C) groups is 1. The minimum Gasteiger partial charge on any atom is -0.293 e. The topological polar surface area (TPSA) is 29.4 Å². The van der Waals surface area contributed by atoms with Crippen molar-refractivity contribution in [3.8, 4) is 0 Å². The van der Waals surface area contributed by atoms with E-state index in [2.05, 4.69) is 4.99 Å². The van der Waals surface area contributed by atoms with Crippen molar-refractivity contribution in [3.63, 3.8) is 0 Å². The summed E-state index contributed by atoms with van der Waals surface area (Å²) in [7, 11) is 0. The van der Waals surface area contributed by atoms with Gasteiger partial charge in [-0.3, -0.25) is 9.79 Å². The highest BCUT2D eigenvalue weighted by molar-refractivity contribution is 6.39. The number of Topliss-reactive ketones (excluding diaryl/α,β-unsaturated/α-hetero) is 1. The summed E-state index contributed by atoms with van der Waals surface area (Å²) in [5, 5.41) is 0. The third kappa shape index (κ3) is 4.07. The number of hydrogen-bond acceptors (Lipinski definition) is 2. The van der Waals surface area contributed by atoms with Gasteiger partial charge < -0.3 is 0 Å². The Labute approximate surface area is 91.0 Å². The summed E-state index contributed by atoms with van der Waals surface area (Å²) < 4.78 is 0. The van der Waals surface area contributed by atoms with Crippen molar-refractivity contribution in [2.75, 3.05) is 0 Å². The Hall–Kier alpha value is -1.44. The van der Waals surface area contributed by atoms with Crippen LogP contribution in [0.25, 0.3) is 0 Å². The van der Waals surface area contributed by atoms with Gasteiger partial charge in [0, 0.05) is 19.4 Å². The van der Waals surface area contributed by atoms with Gasteiger partial charge in [0.25, 0.3) is 0 Å². The van der Waals surface area contributed by atoms with Gasteiger partial charge in [-0.2, -0.15) is 0 Å². The van der Waals surface area contributed by atoms with Crippen LogP contribution in [0.5, 0.6) is 0 Å². The Balaban J connectivity index is 2.81. The minimum atomic E-state index is 0.0625. The van der Waals surface area contributed by atoms with E-state index >= 15 is 0 Å². The molecule has 2 nitrogen and oxygen atoms in total. The van der Waals surface area contributed by atoms with Crippen molar-refractivity contribution in [3.05, 3.63) is 35.9 Å². The first-order valence-electron chi connectivity index (χ1n) is 5.21. The second-order valence-electron chi connectivity index (χ2n) is 3.89. The van der Waals surface area contributed by atoms with Crippen LogP contribution in [-0.4, -0.2) is 17.5 Å². The molecule has 0 atom stereocenters. The third-order valence-corrected chi connectivity index (χ3v) is 2.03. The molecular weight excluding hydrogens is 186 g/mol. The SMILES string of the molecule is CC(=O)/C(Cc1ccccc1)=N/C(C)C. The van der Waals surface area contributed by atoms with Crippen molar-refractivity contribution in [2.24, 2.45) is 4.99 Å². The molecule has 0 aliphatic heterocycles. The van der Waals surface area contributed by atoms with Gasteiger partial charge in [-0.05, 0) is 19.4 Å². The largest absolute Gasteiger partial charge is 0.293 e.